The Kier molecular flexibility index (Phi) is 17.3. The second-order valence-electron chi connectivity index (χ2n) is 3.00. The van der Waals surface area contributed by atoms with Crippen molar-refractivity contribution >= 4 is 0 Å². The summed E-state index contributed by atoms with van der Waals surface area (Å²) in [7, 11) is 0. The smallest absolute Gasteiger partial charge is 1.00 e. The molecule has 0 unspecified atom stereocenters. The maximum absolute atomic E-state index is 3.19. The predicted molar refractivity (Wildman–Crippen MR) is 52.4 cm³/mol. The Bertz CT molecular complexity index is 253. The van der Waals surface area contributed by atoms with Crippen LogP contribution in [0.2, 0.25) is 0 Å². The molecule has 0 aliphatic heterocycles. The fourth-order valence-corrected chi connectivity index (χ4v) is 1.09. The molecule has 2 aliphatic carbocycles. The van der Waals surface area contributed by atoms with Crippen LogP contribution in [0.15, 0.2) is 35.5 Å². The fraction of sp³-hybridized carbons (Fsp3) is 0.333. The van der Waals surface area contributed by atoms with Crippen molar-refractivity contribution in [2.24, 2.45) is 0 Å². The van der Waals surface area contributed by atoms with Crippen LogP contribution in [0.5, 0.6) is 0 Å². The zero-order valence-corrected chi connectivity index (χ0v) is 14.1. The number of rotatable bonds is 0. The molecule has 2 rings (SSSR count). The molecule has 0 aromatic carbocycles. The van der Waals surface area contributed by atoms with E-state index in [-0.39, 0.29) is 50.7 Å². The van der Waals surface area contributed by atoms with Gasteiger partial charge in [0.1, 0.15) is 0 Å². The standard InChI is InChI=1S/C7H9.C5H5.2ClH.Hf/c1-6-3-4-7(2)5-6;1-2-4-5-3-1;;;/h3H,4H2,1-2H3;1-3H,4H2;2*1H;/q2*-1;;;+4/p-2. The van der Waals surface area contributed by atoms with Crippen LogP contribution in [-0.4, -0.2) is 0 Å². The van der Waals surface area contributed by atoms with Gasteiger partial charge in [0, 0.05) is 0 Å². The molecule has 0 atom stereocenters. The van der Waals surface area contributed by atoms with Crippen LogP contribution < -0.4 is 24.8 Å². The number of hydrogen-bond donors (Lipinski definition) is 0. The van der Waals surface area contributed by atoms with Gasteiger partial charge in [-0.15, -0.1) is 6.42 Å². The second kappa shape index (κ2) is 12.5. The van der Waals surface area contributed by atoms with Crippen molar-refractivity contribution in [3.05, 3.63) is 47.6 Å². The number of halogens is 2. The minimum Gasteiger partial charge on any atom is -1.00 e. The Labute approximate surface area is 124 Å². The largest absolute Gasteiger partial charge is 4.00 e. The third-order valence-electron chi connectivity index (χ3n) is 1.71. The molecule has 80 valence electrons. The molecule has 0 amide bonds. The van der Waals surface area contributed by atoms with Crippen LogP contribution in [-0.2, 0) is 25.8 Å². The number of hydrogen-bond acceptors (Lipinski definition) is 0. The zero-order valence-electron chi connectivity index (χ0n) is 8.98. The van der Waals surface area contributed by atoms with E-state index in [9.17, 15) is 0 Å². The van der Waals surface area contributed by atoms with Gasteiger partial charge in [-0.1, -0.05) is 20.3 Å². The molecule has 3 heteroatoms. The molecule has 0 fully saturated rings. The van der Waals surface area contributed by atoms with E-state index in [1.807, 2.05) is 12.2 Å². The Hall–Kier alpha value is 0.410. The minimum absolute atomic E-state index is 0. The Balaban J connectivity index is -0.000000165. The molecule has 0 bridgehead atoms. The van der Waals surface area contributed by atoms with Gasteiger partial charge in [-0.2, -0.15) is 11.6 Å². The molecule has 0 saturated carbocycles. The topological polar surface area (TPSA) is 0 Å². The van der Waals surface area contributed by atoms with Gasteiger partial charge in [0.2, 0.25) is 0 Å². The summed E-state index contributed by atoms with van der Waals surface area (Å²) < 4.78 is 0. The summed E-state index contributed by atoms with van der Waals surface area (Å²) in [6, 6.07) is 0. The maximum atomic E-state index is 3.19. The summed E-state index contributed by atoms with van der Waals surface area (Å²) in [5, 5.41) is 0. The van der Waals surface area contributed by atoms with Gasteiger partial charge in [0.25, 0.3) is 0 Å². The van der Waals surface area contributed by atoms with Gasteiger partial charge < -0.3 is 24.8 Å². The van der Waals surface area contributed by atoms with E-state index < -0.39 is 0 Å². The Morgan fingerprint density at radius 3 is 2.00 bits per heavy atom. The second-order valence-corrected chi connectivity index (χ2v) is 3.00. The van der Waals surface area contributed by atoms with Crippen molar-refractivity contribution in [3.8, 4) is 0 Å². The van der Waals surface area contributed by atoms with Crippen LogP contribution >= 0.6 is 0 Å². The van der Waals surface area contributed by atoms with Crippen molar-refractivity contribution in [2.45, 2.75) is 26.7 Å². The average molecular weight is 408 g/mol. The van der Waals surface area contributed by atoms with Crippen molar-refractivity contribution in [1.82, 2.24) is 0 Å². The third kappa shape index (κ3) is 10.7. The molecule has 15 heavy (non-hydrogen) atoms. The van der Waals surface area contributed by atoms with Gasteiger partial charge in [0.15, 0.2) is 0 Å². The summed E-state index contributed by atoms with van der Waals surface area (Å²) in [4.78, 5) is 0. The summed E-state index contributed by atoms with van der Waals surface area (Å²) in [6.07, 6.45) is 16.5. The molecule has 0 nitrogen and oxygen atoms in total. The summed E-state index contributed by atoms with van der Waals surface area (Å²) >= 11 is 0. The molecule has 0 heterocycles. The van der Waals surface area contributed by atoms with Crippen molar-refractivity contribution in [1.29, 1.82) is 0 Å². The first-order valence-corrected chi connectivity index (χ1v) is 4.27. The Morgan fingerprint density at radius 1 is 1.20 bits per heavy atom. The molecule has 0 radical (unpaired) electrons. The van der Waals surface area contributed by atoms with Crippen molar-refractivity contribution in [3.63, 3.8) is 0 Å². The molecule has 2 aliphatic rings. The first kappa shape index (κ1) is 20.8. The zero-order chi connectivity index (χ0) is 8.81. The van der Waals surface area contributed by atoms with Gasteiger partial charge in [-0.3, -0.25) is 12.2 Å². The Morgan fingerprint density at radius 2 is 1.87 bits per heavy atom. The SMILES string of the molecule is CC1=[C-]C(C)=CC1.[C-]1=CC=CC1.[Cl-].[Cl-].[Hf+4]. The fourth-order valence-electron chi connectivity index (χ4n) is 1.09. The van der Waals surface area contributed by atoms with E-state index in [4.69, 9.17) is 0 Å². The van der Waals surface area contributed by atoms with E-state index >= 15 is 0 Å². The van der Waals surface area contributed by atoms with Gasteiger partial charge in [0.05, 0.1) is 0 Å². The van der Waals surface area contributed by atoms with Crippen LogP contribution in [0.4, 0.5) is 0 Å². The molecule has 0 saturated heterocycles. The number of allylic oxidation sites excluding steroid dienone is 8. The summed E-state index contributed by atoms with van der Waals surface area (Å²) in [5.74, 6) is 0. The molecule has 0 spiro atoms. The predicted octanol–water partition coefficient (Wildman–Crippen LogP) is -2.60. The van der Waals surface area contributed by atoms with E-state index in [0.29, 0.717) is 0 Å². The first-order chi connectivity index (χ1) is 5.79. The van der Waals surface area contributed by atoms with Crippen molar-refractivity contribution in [2.75, 3.05) is 0 Å². The first-order valence-electron chi connectivity index (χ1n) is 4.27. The van der Waals surface area contributed by atoms with E-state index in [0.717, 1.165) is 12.8 Å². The normalized spacial score (nSPS) is 14.8. The summed E-state index contributed by atoms with van der Waals surface area (Å²) in [5.41, 5.74) is 2.65. The quantitative estimate of drug-likeness (QED) is 0.305. The van der Waals surface area contributed by atoms with Gasteiger partial charge in [-0.05, 0) is 0 Å². The minimum atomic E-state index is 0. The maximum Gasteiger partial charge on any atom is 4.00 e. The van der Waals surface area contributed by atoms with Crippen LogP contribution in [0, 0.1) is 12.2 Å². The van der Waals surface area contributed by atoms with Crippen LogP contribution in [0.1, 0.15) is 26.7 Å². The van der Waals surface area contributed by atoms with Crippen LogP contribution in [0.3, 0.4) is 0 Å². The van der Waals surface area contributed by atoms with Crippen molar-refractivity contribution < 1.29 is 50.7 Å². The molecular weight excluding hydrogens is 394 g/mol. The molecule has 0 aromatic rings. The average Bonchev–Trinajstić information content (AvgIpc) is 2.63. The van der Waals surface area contributed by atoms with Crippen LogP contribution in [0.25, 0.3) is 0 Å². The third-order valence-corrected chi connectivity index (χ3v) is 1.71. The van der Waals surface area contributed by atoms with Gasteiger partial charge in [-0.25, -0.2) is 23.8 Å². The van der Waals surface area contributed by atoms with E-state index in [2.05, 4.69) is 38.2 Å². The summed E-state index contributed by atoms with van der Waals surface area (Å²) in [6.45, 7) is 4.18. The molecule has 0 N–H and O–H groups in total. The van der Waals surface area contributed by atoms with E-state index in [1.54, 1.807) is 0 Å². The monoisotopic (exact) mass is 408 g/mol. The van der Waals surface area contributed by atoms with E-state index in [1.165, 1.54) is 11.1 Å². The molecular formula is C12H14Cl2Hf. The molecule has 0 aromatic heterocycles. The van der Waals surface area contributed by atoms with Gasteiger partial charge >= 0.3 is 25.8 Å².